The van der Waals surface area contributed by atoms with Gasteiger partial charge in [0.25, 0.3) is 0 Å². The van der Waals surface area contributed by atoms with E-state index in [1.807, 2.05) is 0 Å². The smallest absolute Gasteiger partial charge is 1.00 e. The summed E-state index contributed by atoms with van der Waals surface area (Å²) >= 11 is 1.60. The molecule has 179 valence electrons. The second kappa shape index (κ2) is 9.53. The first-order valence-corrected chi connectivity index (χ1v) is 20.0. The third-order valence-electron chi connectivity index (χ3n) is 7.72. The van der Waals surface area contributed by atoms with Gasteiger partial charge in [-0.3, -0.25) is 0 Å². The van der Waals surface area contributed by atoms with Crippen LogP contribution >= 0.6 is 0 Å². The maximum absolute atomic E-state index is 6.26. The van der Waals surface area contributed by atoms with Gasteiger partial charge in [-0.2, -0.15) is 0 Å². The average Bonchev–Trinajstić information content (AvgIpc) is 3.05. The summed E-state index contributed by atoms with van der Waals surface area (Å²) in [4.78, 5) is 0. The molecule has 2 atom stereocenters. The predicted octanol–water partition coefficient (Wildman–Crippen LogP) is 0.218. The van der Waals surface area contributed by atoms with E-state index in [0.29, 0.717) is 9.54 Å². The van der Waals surface area contributed by atoms with Gasteiger partial charge in [-0.05, 0) is 0 Å². The summed E-state index contributed by atoms with van der Waals surface area (Å²) in [5.41, 5.74) is 12.3. The van der Waals surface area contributed by atoms with Crippen LogP contribution < -0.4 is 35.2 Å². The third kappa shape index (κ3) is 4.37. The van der Waals surface area contributed by atoms with Crippen molar-refractivity contribution in [2.24, 2.45) is 0 Å². The quantitative estimate of drug-likeness (QED) is 0.375. The van der Waals surface area contributed by atoms with Crippen LogP contribution in [-0.4, -0.2) is 23.0 Å². The Labute approximate surface area is 239 Å². The molecule has 0 saturated carbocycles. The maximum Gasteiger partial charge on any atom is -1.00 e. The van der Waals surface area contributed by atoms with Gasteiger partial charge in [-0.15, -0.1) is 0 Å². The van der Waals surface area contributed by atoms with Crippen molar-refractivity contribution < 1.29 is 54.0 Å². The van der Waals surface area contributed by atoms with Crippen molar-refractivity contribution >= 4 is 32.3 Å². The molecule has 0 aromatic heterocycles. The first-order valence-electron chi connectivity index (χ1n) is 12.1. The first kappa shape index (κ1) is 27.3. The van der Waals surface area contributed by atoms with Crippen molar-refractivity contribution in [3.05, 3.63) is 88.5 Å². The molecule has 3 aromatic rings. The standard InChI is InChI=1S/C29H31OSi2.2ClH.Zr/c1-31(2,3)30-15-14-20-17-25(23-13-9-8-11-21(20)23)28-26-16-19-10-6-7-12-22(19)24(26)18-27-29(28)32(27,4)5;;;/h6-13,16-18,25H,14-15H2,1-5H3;2*1H;/q;;;+2/p-2. The number of hydrogen-bond donors (Lipinski definition) is 0. The molecule has 0 spiro atoms. The molecule has 1 heterocycles. The topological polar surface area (TPSA) is 9.23 Å². The van der Waals surface area contributed by atoms with Crippen molar-refractivity contribution in [1.29, 1.82) is 0 Å². The van der Waals surface area contributed by atoms with Gasteiger partial charge < -0.3 is 24.8 Å². The number of rotatable bonds is 5. The van der Waals surface area contributed by atoms with E-state index < -0.39 is 16.4 Å². The number of fused-ring (bicyclic) bond motifs is 5. The first-order chi connectivity index (χ1) is 15.7. The van der Waals surface area contributed by atoms with E-state index in [0.717, 1.165) is 13.0 Å². The molecular formula is C29H31Cl2OSi2Zr. The van der Waals surface area contributed by atoms with Crippen molar-refractivity contribution in [1.82, 2.24) is 0 Å². The summed E-state index contributed by atoms with van der Waals surface area (Å²) in [6, 6.07) is 20.9. The van der Waals surface area contributed by atoms with Gasteiger partial charge in [-0.1, -0.05) is 0 Å². The van der Waals surface area contributed by atoms with Crippen molar-refractivity contribution in [2.45, 2.75) is 48.7 Å². The minimum Gasteiger partial charge on any atom is -1.00 e. The summed E-state index contributed by atoms with van der Waals surface area (Å²) in [5, 5.41) is 3.44. The van der Waals surface area contributed by atoms with E-state index in [1.165, 1.54) is 33.4 Å². The van der Waals surface area contributed by atoms with Gasteiger partial charge in [0.05, 0.1) is 0 Å². The van der Waals surface area contributed by atoms with Crippen LogP contribution in [-0.2, 0) is 29.1 Å². The van der Waals surface area contributed by atoms with Gasteiger partial charge in [0.1, 0.15) is 0 Å². The molecule has 6 rings (SSSR count). The fourth-order valence-corrected chi connectivity index (χ4v) is 11.6. The van der Waals surface area contributed by atoms with E-state index in [4.69, 9.17) is 4.43 Å². The molecule has 6 heteroatoms. The largest absolute Gasteiger partial charge is 1.00 e. The molecule has 2 unspecified atom stereocenters. The Morgan fingerprint density at radius 1 is 0.857 bits per heavy atom. The second-order valence-electron chi connectivity index (χ2n) is 11.3. The van der Waals surface area contributed by atoms with E-state index in [9.17, 15) is 0 Å². The summed E-state index contributed by atoms with van der Waals surface area (Å²) in [6.07, 6.45) is 3.61. The number of halogens is 2. The molecule has 0 radical (unpaired) electrons. The zero-order valence-corrected chi connectivity index (χ0v) is 27.0. The van der Waals surface area contributed by atoms with Crippen LogP contribution in [0.3, 0.4) is 0 Å². The maximum atomic E-state index is 6.26. The Morgan fingerprint density at radius 3 is 2.17 bits per heavy atom. The molecule has 0 fully saturated rings. The number of hydrogen-bond acceptors (Lipinski definition) is 1. The van der Waals surface area contributed by atoms with Gasteiger partial charge in [-0.25, -0.2) is 0 Å². The Kier molecular flexibility index (Phi) is 7.43. The second-order valence-corrected chi connectivity index (χ2v) is 21.5. The van der Waals surface area contributed by atoms with Crippen molar-refractivity contribution in [3.8, 4) is 11.1 Å². The van der Waals surface area contributed by atoms with Crippen LogP contribution in [0.1, 0.15) is 43.8 Å². The summed E-state index contributed by atoms with van der Waals surface area (Å²) < 4.78 is 6.81. The number of allylic oxidation sites excluding steroid dienone is 1. The van der Waals surface area contributed by atoms with Crippen molar-refractivity contribution in [2.75, 3.05) is 6.61 Å². The molecule has 35 heavy (non-hydrogen) atoms. The summed E-state index contributed by atoms with van der Waals surface area (Å²) in [5.74, 6) is 0.387. The van der Waals surface area contributed by atoms with Crippen LogP contribution in [0.5, 0.6) is 0 Å². The van der Waals surface area contributed by atoms with Crippen LogP contribution in [0, 0.1) is 0 Å². The van der Waals surface area contributed by atoms with Gasteiger partial charge in [0, 0.05) is 0 Å². The van der Waals surface area contributed by atoms with Gasteiger partial charge in [0.2, 0.25) is 0 Å². The molecule has 3 aromatic carbocycles. The zero-order valence-electron chi connectivity index (χ0n) is 21.0. The van der Waals surface area contributed by atoms with E-state index >= 15 is 0 Å². The molecular weight excluding hydrogens is 583 g/mol. The molecule has 1 nitrogen and oxygen atoms in total. The predicted molar refractivity (Wildman–Crippen MR) is 141 cm³/mol. The van der Waals surface area contributed by atoms with Gasteiger partial charge in [0.15, 0.2) is 0 Å². The molecule has 0 saturated heterocycles. The van der Waals surface area contributed by atoms with E-state index in [-0.39, 0.29) is 24.8 Å². The monoisotopic (exact) mass is 611 g/mol. The van der Waals surface area contributed by atoms with E-state index in [1.54, 1.807) is 46.2 Å². The fourth-order valence-electron chi connectivity index (χ4n) is 6.11. The molecule has 3 aliphatic rings. The normalized spacial score (nSPS) is 20.0. The van der Waals surface area contributed by atoms with Crippen molar-refractivity contribution in [3.63, 3.8) is 0 Å². The Morgan fingerprint density at radius 2 is 1.49 bits per heavy atom. The Balaban J connectivity index is 0.00000144. The SMILES string of the molecule is C[Si](C)(C)OCCC1=CC(c2c3c(cc4c2[Si]4(C)C)-c2ccccc2[CH]3[Zr+2])c2ccccc21.[Cl-].[Cl-]. The van der Waals surface area contributed by atoms with Crippen LogP contribution in [0.2, 0.25) is 32.7 Å². The van der Waals surface area contributed by atoms with Crippen LogP contribution in [0.25, 0.3) is 16.7 Å². The summed E-state index contributed by atoms with van der Waals surface area (Å²) in [6.45, 7) is 12.8. The van der Waals surface area contributed by atoms with Gasteiger partial charge >= 0.3 is 216 Å². The average molecular weight is 614 g/mol. The Hall–Kier alpha value is -0.743. The zero-order chi connectivity index (χ0) is 23.1. The molecule has 2 aliphatic carbocycles. The molecule has 1 aliphatic heterocycles. The van der Waals surface area contributed by atoms with Crippen LogP contribution in [0.15, 0.2) is 60.7 Å². The fraction of sp³-hybridized carbons (Fsp3) is 0.310. The molecule has 0 bridgehead atoms. The van der Waals surface area contributed by atoms with Crippen LogP contribution in [0.4, 0.5) is 0 Å². The van der Waals surface area contributed by atoms with E-state index in [2.05, 4.69) is 93.4 Å². The Bertz CT molecular complexity index is 1340. The minimum atomic E-state index is -1.50. The molecule has 0 N–H and O–H groups in total. The minimum absolute atomic E-state index is 0. The third-order valence-corrected chi connectivity index (χ3v) is 13.5. The molecule has 0 amide bonds. The number of benzene rings is 3. The summed E-state index contributed by atoms with van der Waals surface area (Å²) in [7, 11) is -2.94.